The molecule has 0 aliphatic carbocycles. The van der Waals surface area contributed by atoms with Crippen molar-refractivity contribution in [1.29, 1.82) is 0 Å². The molecule has 4 nitrogen and oxygen atoms in total. The molecule has 1 atom stereocenters. The van der Waals surface area contributed by atoms with E-state index in [0.29, 0.717) is 11.4 Å². The molecule has 0 saturated carbocycles. The summed E-state index contributed by atoms with van der Waals surface area (Å²) in [5, 5.41) is 14.2. The molecule has 5 heteroatoms. The third-order valence-corrected chi connectivity index (χ3v) is 4.05. The molecule has 1 unspecified atom stereocenters. The normalized spacial score (nSPS) is 15.0. The summed E-state index contributed by atoms with van der Waals surface area (Å²) in [6.45, 7) is 7.38. The Morgan fingerprint density at radius 3 is 2.41 bits per heavy atom. The lowest BCUT2D eigenvalue weighted by atomic mass is 9.75. The van der Waals surface area contributed by atoms with Crippen molar-refractivity contribution in [2.45, 2.75) is 34.1 Å². The molecule has 0 aliphatic heterocycles. The van der Waals surface area contributed by atoms with Crippen molar-refractivity contribution in [1.82, 2.24) is 9.78 Å². The summed E-state index contributed by atoms with van der Waals surface area (Å²) in [6.07, 6.45) is 0.385. The Balaban J connectivity index is 3.15. The van der Waals surface area contributed by atoms with Crippen LogP contribution in [-0.4, -0.2) is 20.9 Å². The lowest BCUT2D eigenvalue weighted by Crippen LogP contribution is -2.36. The first kappa shape index (κ1) is 14.0. The maximum Gasteiger partial charge on any atom is 0.310 e. The quantitative estimate of drug-likeness (QED) is 0.903. The molecule has 0 spiro atoms. The fourth-order valence-electron chi connectivity index (χ4n) is 1.75. The third-order valence-electron chi connectivity index (χ3n) is 3.56. The number of aromatic nitrogens is 2. The standard InChI is InChI=1S/C12H19ClN2O2/c1-7(2)12(4,11(16)17)6-9-10(13)8(3)14-15(9)5/h7H,6H2,1-5H3,(H,16,17). The highest BCUT2D eigenvalue weighted by Crippen LogP contribution is 2.34. The summed E-state index contributed by atoms with van der Waals surface area (Å²) in [4.78, 5) is 11.4. The number of carboxylic acids is 1. The van der Waals surface area contributed by atoms with Crippen LogP contribution in [0.4, 0.5) is 0 Å². The van der Waals surface area contributed by atoms with E-state index in [4.69, 9.17) is 11.6 Å². The molecule has 0 radical (unpaired) electrons. The minimum atomic E-state index is -0.829. The van der Waals surface area contributed by atoms with Crippen LogP contribution < -0.4 is 0 Å². The minimum absolute atomic E-state index is 0.0197. The number of nitrogens with zero attached hydrogens (tertiary/aromatic N) is 2. The van der Waals surface area contributed by atoms with Crippen LogP contribution in [0.3, 0.4) is 0 Å². The Kier molecular flexibility index (Phi) is 3.87. The van der Waals surface area contributed by atoms with Crippen LogP contribution in [0.1, 0.15) is 32.2 Å². The first-order chi connectivity index (χ1) is 7.70. The van der Waals surface area contributed by atoms with Crippen LogP contribution in [0.5, 0.6) is 0 Å². The lowest BCUT2D eigenvalue weighted by molar-refractivity contribution is -0.150. The van der Waals surface area contributed by atoms with E-state index in [9.17, 15) is 9.90 Å². The molecular weight excluding hydrogens is 240 g/mol. The van der Waals surface area contributed by atoms with Crippen molar-refractivity contribution >= 4 is 17.6 Å². The second-order valence-corrected chi connectivity index (χ2v) is 5.40. The second kappa shape index (κ2) is 4.69. The van der Waals surface area contributed by atoms with Gasteiger partial charge >= 0.3 is 5.97 Å². The molecule has 96 valence electrons. The molecule has 1 heterocycles. The van der Waals surface area contributed by atoms with Crippen molar-refractivity contribution in [2.24, 2.45) is 18.4 Å². The Morgan fingerprint density at radius 1 is 1.59 bits per heavy atom. The number of carbonyl (C=O) groups is 1. The molecule has 0 amide bonds. The molecule has 1 aromatic heterocycles. The van der Waals surface area contributed by atoms with E-state index in [2.05, 4.69) is 5.10 Å². The average Bonchev–Trinajstić information content (AvgIpc) is 2.44. The van der Waals surface area contributed by atoms with Crippen LogP contribution in [0.25, 0.3) is 0 Å². The topological polar surface area (TPSA) is 55.1 Å². The van der Waals surface area contributed by atoms with Crippen LogP contribution in [0.15, 0.2) is 0 Å². The van der Waals surface area contributed by atoms with E-state index in [1.54, 1.807) is 18.7 Å². The monoisotopic (exact) mass is 258 g/mol. The maximum absolute atomic E-state index is 11.4. The average molecular weight is 259 g/mol. The number of hydrogen-bond donors (Lipinski definition) is 1. The van der Waals surface area contributed by atoms with E-state index in [1.165, 1.54) is 0 Å². The highest BCUT2D eigenvalue weighted by Gasteiger charge is 2.38. The molecule has 1 rings (SSSR count). The van der Waals surface area contributed by atoms with E-state index in [0.717, 1.165) is 11.4 Å². The molecule has 1 N–H and O–H groups in total. The first-order valence-corrected chi connectivity index (χ1v) is 5.99. The molecule has 0 aliphatic rings. The summed E-state index contributed by atoms with van der Waals surface area (Å²) < 4.78 is 1.67. The number of rotatable bonds is 4. The van der Waals surface area contributed by atoms with Gasteiger partial charge in [-0.3, -0.25) is 9.48 Å². The summed E-state index contributed by atoms with van der Waals surface area (Å²) in [5.74, 6) is -0.784. The van der Waals surface area contributed by atoms with Gasteiger partial charge in [0.05, 0.1) is 21.8 Å². The van der Waals surface area contributed by atoms with Crippen molar-refractivity contribution in [3.63, 3.8) is 0 Å². The van der Waals surface area contributed by atoms with E-state index in [1.807, 2.05) is 20.8 Å². The molecular formula is C12H19ClN2O2. The molecule has 17 heavy (non-hydrogen) atoms. The number of carboxylic acid groups (broad SMARTS) is 1. The predicted octanol–water partition coefficient (Wildman–Crippen LogP) is 2.67. The van der Waals surface area contributed by atoms with Gasteiger partial charge in [-0.1, -0.05) is 25.4 Å². The van der Waals surface area contributed by atoms with Crippen LogP contribution in [-0.2, 0) is 18.3 Å². The van der Waals surface area contributed by atoms with Crippen LogP contribution in [0.2, 0.25) is 5.02 Å². The SMILES string of the molecule is Cc1nn(C)c(CC(C)(C(=O)O)C(C)C)c1Cl. The molecule has 0 aromatic carbocycles. The van der Waals surface area contributed by atoms with Gasteiger partial charge in [0.2, 0.25) is 0 Å². The van der Waals surface area contributed by atoms with Gasteiger partial charge in [-0.2, -0.15) is 5.10 Å². The molecule has 0 saturated heterocycles. The Bertz CT molecular complexity index is 440. The van der Waals surface area contributed by atoms with Gasteiger partial charge in [-0.05, 0) is 19.8 Å². The second-order valence-electron chi connectivity index (χ2n) is 5.02. The fraction of sp³-hybridized carbons (Fsp3) is 0.667. The van der Waals surface area contributed by atoms with Gasteiger partial charge in [0.25, 0.3) is 0 Å². The van der Waals surface area contributed by atoms with Crippen LogP contribution in [0, 0.1) is 18.3 Å². The Labute approximate surface area is 107 Å². The molecule has 0 bridgehead atoms. The predicted molar refractivity (Wildman–Crippen MR) is 67.2 cm³/mol. The third kappa shape index (κ3) is 2.46. The lowest BCUT2D eigenvalue weighted by Gasteiger charge is -2.29. The van der Waals surface area contributed by atoms with Crippen LogP contribution >= 0.6 is 11.6 Å². The zero-order chi connectivity index (χ0) is 13.4. The zero-order valence-corrected chi connectivity index (χ0v) is 11.7. The van der Waals surface area contributed by atoms with Gasteiger partial charge < -0.3 is 5.11 Å². The van der Waals surface area contributed by atoms with Gasteiger partial charge in [-0.15, -0.1) is 0 Å². The summed E-state index contributed by atoms with van der Waals surface area (Å²) in [5.41, 5.74) is 0.688. The number of aryl methyl sites for hydroxylation is 2. The summed E-state index contributed by atoms with van der Waals surface area (Å²) in [7, 11) is 1.79. The minimum Gasteiger partial charge on any atom is -0.481 e. The molecule has 1 aromatic rings. The van der Waals surface area contributed by atoms with Crippen molar-refractivity contribution in [3.8, 4) is 0 Å². The Hall–Kier alpha value is -1.03. The Morgan fingerprint density at radius 2 is 2.12 bits per heavy atom. The molecule has 0 fully saturated rings. The summed E-state index contributed by atoms with van der Waals surface area (Å²) in [6, 6.07) is 0. The number of halogens is 1. The van der Waals surface area contributed by atoms with Gasteiger partial charge in [0, 0.05) is 13.5 Å². The smallest absolute Gasteiger partial charge is 0.310 e. The van der Waals surface area contributed by atoms with Gasteiger partial charge in [0.1, 0.15) is 0 Å². The van der Waals surface area contributed by atoms with Gasteiger partial charge in [-0.25, -0.2) is 0 Å². The number of aliphatic carboxylic acids is 1. The largest absolute Gasteiger partial charge is 0.481 e. The van der Waals surface area contributed by atoms with Gasteiger partial charge in [0.15, 0.2) is 0 Å². The summed E-state index contributed by atoms with van der Waals surface area (Å²) >= 11 is 6.15. The van der Waals surface area contributed by atoms with E-state index >= 15 is 0 Å². The highest BCUT2D eigenvalue weighted by atomic mass is 35.5. The number of hydrogen-bond acceptors (Lipinski definition) is 2. The van der Waals surface area contributed by atoms with E-state index in [-0.39, 0.29) is 5.92 Å². The zero-order valence-electron chi connectivity index (χ0n) is 10.9. The van der Waals surface area contributed by atoms with Crippen molar-refractivity contribution in [3.05, 3.63) is 16.4 Å². The van der Waals surface area contributed by atoms with Crippen molar-refractivity contribution in [2.75, 3.05) is 0 Å². The van der Waals surface area contributed by atoms with Crippen molar-refractivity contribution < 1.29 is 9.90 Å². The first-order valence-electron chi connectivity index (χ1n) is 5.61. The van der Waals surface area contributed by atoms with E-state index < -0.39 is 11.4 Å². The maximum atomic E-state index is 11.4. The highest BCUT2D eigenvalue weighted by molar-refractivity contribution is 6.31. The fourth-order valence-corrected chi connectivity index (χ4v) is 1.97.